The van der Waals surface area contributed by atoms with Crippen LogP contribution < -0.4 is 15.1 Å². The highest BCUT2D eigenvalue weighted by Gasteiger charge is 2.22. The second-order valence-electron chi connectivity index (χ2n) is 5.65. The van der Waals surface area contributed by atoms with Crippen molar-refractivity contribution in [3.63, 3.8) is 0 Å². The van der Waals surface area contributed by atoms with Gasteiger partial charge in [0.05, 0.1) is 0 Å². The van der Waals surface area contributed by atoms with E-state index in [1.807, 2.05) is 24.8 Å². The fourth-order valence-corrected chi connectivity index (χ4v) is 3.04. The number of aryl methyl sites for hydroxylation is 1. The Kier molecular flexibility index (Phi) is 5.13. The van der Waals surface area contributed by atoms with Gasteiger partial charge in [-0.2, -0.15) is 4.98 Å². The lowest BCUT2D eigenvalue weighted by Crippen LogP contribution is -2.47. The fraction of sp³-hybridized carbons (Fsp3) is 0.438. The van der Waals surface area contributed by atoms with Gasteiger partial charge in [-0.05, 0) is 35.8 Å². The van der Waals surface area contributed by atoms with Crippen LogP contribution in [0.15, 0.2) is 22.8 Å². The van der Waals surface area contributed by atoms with Gasteiger partial charge in [0.15, 0.2) is 11.6 Å². The molecule has 0 spiro atoms. The molecule has 0 saturated carbocycles. The SMILES string of the molecule is CCNc1nc(C)cc(N2CCN(c3ncc(Br)cc3F)CC2)n1. The number of aromatic nitrogens is 3. The normalized spacial score (nSPS) is 14.8. The van der Waals surface area contributed by atoms with Crippen LogP contribution in [0.2, 0.25) is 0 Å². The third kappa shape index (κ3) is 3.75. The Labute approximate surface area is 149 Å². The third-order valence-electron chi connectivity index (χ3n) is 3.87. The summed E-state index contributed by atoms with van der Waals surface area (Å²) in [6.07, 6.45) is 1.63. The molecule has 24 heavy (non-hydrogen) atoms. The summed E-state index contributed by atoms with van der Waals surface area (Å²) in [7, 11) is 0. The molecule has 0 amide bonds. The lowest BCUT2D eigenvalue weighted by molar-refractivity contribution is 0.586. The van der Waals surface area contributed by atoms with Crippen molar-refractivity contribution >= 4 is 33.5 Å². The molecule has 0 atom stereocenters. The minimum atomic E-state index is -0.301. The van der Waals surface area contributed by atoms with E-state index in [1.54, 1.807) is 6.20 Å². The van der Waals surface area contributed by atoms with Crippen LogP contribution >= 0.6 is 15.9 Å². The quantitative estimate of drug-likeness (QED) is 0.860. The van der Waals surface area contributed by atoms with Crippen LogP contribution in [-0.4, -0.2) is 47.7 Å². The maximum absolute atomic E-state index is 14.1. The predicted octanol–water partition coefficient (Wildman–Crippen LogP) is 2.84. The minimum absolute atomic E-state index is 0.301. The van der Waals surface area contributed by atoms with Gasteiger partial charge in [-0.25, -0.2) is 14.4 Å². The first-order valence-electron chi connectivity index (χ1n) is 7.97. The van der Waals surface area contributed by atoms with Crippen molar-refractivity contribution < 1.29 is 4.39 Å². The van der Waals surface area contributed by atoms with Crippen LogP contribution in [0.4, 0.5) is 22.0 Å². The average molecular weight is 395 g/mol. The highest BCUT2D eigenvalue weighted by atomic mass is 79.9. The summed E-state index contributed by atoms with van der Waals surface area (Å²) in [5, 5.41) is 3.15. The van der Waals surface area contributed by atoms with Crippen molar-refractivity contribution in [3.05, 3.63) is 34.3 Å². The molecule has 1 saturated heterocycles. The smallest absolute Gasteiger partial charge is 0.224 e. The first kappa shape index (κ1) is 16.9. The molecule has 1 fully saturated rings. The van der Waals surface area contributed by atoms with E-state index in [2.05, 4.69) is 41.1 Å². The Balaban J connectivity index is 1.71. The first-order valence-corrected chi connectivity index (χ1v) is 8.76. The molecule has 3 rings (SSSR count). The number of rotatable bonds is 4. The van der Waals surface area contributed by atoms with Crippen molar-refractivity contribution in [3.8, 4) is 0 Å². The molecule has 3 heterocycles. The zero-order valence-electron chi connectivity index (χ0n) is 13.8. The highest BCUT2D eigenvalue weighted by molar-refractivity contribution is 9.10. The molecule has 0 aliphatic carbocycles. The molecular weight excluding hydrogens is 375 g/mol. The molecular formula is C16H20BrFN6. The topological polar surface area (TPSA) is 57.2 Å². The predicted molar refractivity (Wildman–Crippen MR) is 97.3 cm³/mol. The Bertz CT molecular complexity index is 718. The summed E-state index contributed by atoms with van der Waals surface area (Å²) in [6.45, 7) is 7.69. The molecule has 6 nitrogen and oxygen atoms in total. The molecule has 0 radical (unpaired) electrons. The molecule has 1 aliphatic rings. The van der Waals surface area contributed by atoms with Gasteiger partial charge in [-0.1, -0.05) is 0 Å². The Morgan fingerprint density at radius 3 is 2.54 bits per heavy atom. The lowest BCUT2D eigenvalue weighted by atomic mass is 10.3. The summed E-state index contributed by atoms with van der Waals surface area (Å²) in [5.74, 6) is 1.66. The van der Waals surface area contributed by atoms with Crippen LogP contribution in [0.1, 0.15) is 12.6 Å². The number of anilines is 3. The van der Waals surface area contributed by atoms with E-state index in [0.717, 1.165) is 31.1 Å². The van der Waals surface area contributed by atoms with Gasteiger partial charge < -0.3 is 15.1 Å². The number of nitrogens with one attached hydrogen (secondary N) is 1. The number of piperazine rings is 1. The molecule has 2 aromatic heterocycles. The van der Waals surface area contributed by atoms with Gasteiger partial charge >= 0.3 is 0 Å². The van der Waals surface area contributed by atoms with Gasteiger partial charge in [0.1, 0.15) is 5.82 Å². The summed E-state index contributed by atoms with van der Waals surface area (Å²) in [5.41, 5.74) is 0.930. The summed E-state index contributed by atoms with van der Waals surface area (Å²) < 4.78 is 14.7. The van der Waals surface area contributed by atoms with E-state index in [4.69, 9.17) is 0 Å². The van der Waals surface area contributed by atoms with Crippen molar-refractivity contribution in [2.45, 2.75) is 13.8 Å². The first-order chi connectivity index (χ1) is 11.6. The van der Waals surface area contributed by atoms with Gasteiger partial charge in [0.25, 0.3) is 0 Å². The zero-order chi connectivity index (χ0) is 17.1. The van der Waals surface area contributed by atoms with E-state index < -0.39 is 0 Å². The van der Waals surface area contributed by atoms with Crippen LogP contribution in [0.5, 0.6) is 0 Å². The third-order valence-corrected chi connectivity index (χ3v) is 4.30. The number of pyridine rings is 1. The maximum Gasteiger partial charge on any atom is 0.224 e. The zero-order valence-corrected chi connectivity index (χ0v) is 15.3. The van der Waals surface area contributed by atoms with Crippen molar-refractivity contribution in [2.24, 2.45) is 0 Å². The van der Waals surface area contributed by atoms with Gasteiger partial charge in [0.2, 0.25) is 5.95 Å². The molecule has 128 valence electrons. The number of hydrogen-bond donors (Lipinski definition) is 1. The Morgan fingerprint density at radius 2 is 1.88 bits per heavy atom. The molecule has 0 aromatic carbocycles. The van der Waals surface area contributed by atoms with Gasteiger partial charge in [-0.15, -0.1) is 0 Å². The highest BCUT2D eigenvalue weighted by Crippen LogP contribution is 2.23. The molecule has 1 N–H and O–H groups in total. The standard InChI is InChI=1S/C16H20BrFN6/c1-3-19-16-21-11(2)8-14(22-16)23-4-6-24(7-5-23)15-13(18)9-12(17)10-20-15/h8-10H,3-7H2,1-2H3,(H,19,21,22). The largest absolute Gasteiger partial charge is 0.354 e. The Morgan fingerprint density at radius 1 is 1.17 bits per heavy atom. The van der Waals surface area contributed by atoms with E-state index in [9.17, 15) is 4.39 Å². The van der Waals surface area contributed by atoms with Crippen LogP contribution in [-0.2, 0) is 0 Å². The monoisotopic (exact) mass is 394 g/mol. The molecule has 0 bridgehead atoms. The van der Waals surface area contributed by atoms with Gasteiger partial charge in [-0.3, -0.25) is 0 Å². The second-order valence-corrected chi connectivity index (χ2v) is 6.57. The summed E-state index contributed by atoms with van der Waals surface area (Å²) >= 11 is 3.24. The van der Waals surface area contributed by atoms with Gasteiger partial charge in [0, 0.05) is 55.2 Å². The van der Waals surface area contributed by atoms with E-state index >= 15 is 0 Å². The average Bonchev–Trinajstić information content (AvgIpc) is 2.55. The fourth-order valence-electron chi connectivity index (χ4n) is 2.74. The maximum atomic E-state index is 14.1. The summed E-state index contributed by atoms with van der Waals surface area (Å²) in [6, 6.07) is 3.43. The summed E-state index contributed by atoms with van der Waals surface area (Å²) in [4.78, 5) is 17.3. The van der Waals surface area contributed by atoms with Crippen LogP contribution in [0, 0.1) is 12.7 Å². The lowest BCUT2D eigenvalue weighted by Gasteiger charge is -2.36. The number of hydrogen-bond acceptors (Lipinski definition) is 6. The van der Waals surface area contributed by atoms with Crippen LogP contribution in [0.25, 0.3) is 0 Å². The van der Waals surface area contributed by atoms with Crippen molar-refractivity contribution in [2.75, 3.05) is 47.8 Å². The molecule has 8 heteroatoms. The number of halogens is 2. The second kappa shape index (κ2) is 7.29. The molecule has 2 aromatic rings. The van der Waals surface area contributed by atoms with E-state index in [1.165, 1.54) is 6.07 Å². The van der Waals surface area contributed by atoms with Crippen molar-refractivity contribution in [1.29, 1.82) is 0 Å². The number of nitrogens with zero attached hydrogens (tertiary/aromatic N) is 5. The van der Waals surface area contributed by atoms with Crippen LogP contribution in [0.3, 0.4) is 0 Å². The van der Waals surface area contributed by atoms with Crippen molar-refractivity contribution in [1.82, 2.24) is 15.0 Å². The molecule has 0 unspecified atom stereocenters. The molecule has 1 aliphatic heterocycles. The Hall–Kier alpha value is -1.96. The van der Waals surface area contributed by atoms with E-state index in [0.29, 0.717) is 29.3 Å². The minimum Gasteiger partial charge on any atom is -0.354 e. The van der Waals surface area contributed by atoms with E-state index in [-0.39, 0.29) is 5.82 Å².